The van der Waals surface area contributed by atoms with Gasteiger partial charge >= 0.3 is 0 Å². The number of nitriles is 1. The summed E-state index contributed by atoms with van der Waals surface area (Å²) in [7, 11) is 1.90. The first-order valence-corrected chi connectivity index (χ1v) is 7.34. The van der Waals surface area contributed by atoms with Gasteiger partial charge in [-0.05, 0) is 24.3 Å². The summed E-state index contributed by atoms with van der Waals surface area (Å²) in [6.07, 6.45) is 3.56. The Kier molecular flexibility index (Phi) is 4.43. The van der Waals surface area contributed by atoms with Crippen LogP contribution >= 0.6 is 0 Å². The van der Waals surface area contributed by atoms with E-state index in [0.717, 1.165) is 5.82 Å². The molecular formula is C18H15FN4O. The molecule has 0 atom stereocenters. The number of benzene rings is 2. The molecule has 120 valence electrons. The average Bonchev–Trinajstić information content (AvgIpc) is 3.00. The molecule has 0 unspecified atom stereocenters. The third-order valence-corrected chi connectivity index (χ3v) is 3.53. The van der Waals surface area contributed by atoms with Crippen molar-refractivity contribution in [3.63, 3.8) is 0 Å². The van der Waals surface area contributed by atoms with Gasteiger partial charge in [-0.1, -0.05) is 12.1 Å². The van der Waals surface area contributed by atoms with E-state index < -0.39 is 5.82 Å². The highest BCUT2D eigenvalue weighted by Gasteiger charge is 2.09. The zero-order chi connectivity index (χ0) is 16.9. The molecule has 0 saturated heterocycles. The van der Waals surface area contributed by atoms with E-state index >= 15 is 0 Å². The van der Waals surface area contributed by atoms with Crippen LogP contribution in [-0.4, -0.2) is 9.55 Å². The topological polar surface area (TPSA) is 62.9 Å². The Morgan fingerprint density at radius 3 is 2.79 bits per heavy atom. The van der Waals surface area contributed by atoms with E-state index in [4.69, 9.17) is 10.00 Å². The molecule has 0 saturated carbocycles. The number of anilines is 1. The molecule has 6 heteroatoms. The summed E-state index contributed by atoms with van der Waals surface area (Å²) in [6.45, 7) is 0.487. The van der Waals surface area contributed by atoms with Crippen LogP contribution in [0.15, 0.2) is 54.9 Å². The monoisotopic (exact) mass is 322 g/mol. The fraction of sp³-hybridized carbons (Fsp3) is 0.111. The number of hydrogen-bond donors (Lipinski definition) is 1. The van der Waals surface area contributed by atoms with E-state index in [-0.39, 0.29) is 5.75 Å². The number of ether oxygens (including phenoxy) is 1. The van der Waals surface area contributed by atoms with Gasteiger partial charge in [0, 0.05) is 31.2 Å². The van der Waals surface area contributed by atoms with E-state index in [9.17, 15) is 4.39 Å². The number of halogens is 1. The minimum absolute atomic E-state index is 0.0697. The zero-order valence-corrected chi connectivity index (χ0v) is 13.0. The summed E-state index contributed by atoms with van der Waals surface area (Å²) in [5, 5.41) is 12.2. The van der Waals surface area contributed by atoms with Crippen molar-refractivity contribution in [2.75, 3.05) is 5.32 Å². The molecule has 0 aliphatic carbocycles. The Balaban J connectivity index is 1.73. The molecule has 24 heavy (non-hydrogen) atoms. The van der Waals surface area contributed by atoms with Crippen molar-refractivity contribution < 1.29 is 9.13 Å². The molecule has 1 heterocycles. The summed E-state index contributed by atoms with van der Waals surface area (Å²) in [6, 6.07) is 13.3. The van der Waals surface area contributed by atoms with E-state index in [0.29, 0.717) is 23.5 Å². The SMILES string of the molecule is Cn1ccnc1CNc1ccc(Oc2ccccc2C#N)c(F)c1. The quantitative estimate of drug-likeness (QED) is 0.775. The highest BCUT2D eigenvalue weighted by atomic mass is 19.1. The van der Waals surface area contributed by atoms with Gasteiger partial charge in [0.2, 0.25) is 0 Å². The molecular weight excluding hydrogens is 307 g/mol. The Bertz CT molecular complexity index is 898. The first-order valence-electron chi connectivity index (χ1n) is 7.34. The van der Waals surface area contributed by atoms with Crippen LogP contribution in [0.2, 0.25) is 0 Å². The summed E-state index contributed by atoms with van der Waals surface area (Å²) in [4.78, 5) is 4.20. The second-order valence-corrected chi connectivity index (χ2v) is 5.16. The van der Waals surface area contributed by atoms with Gasteiger partial charge in [-0.25, -0.2) is 9.37 Å². The fourth-order valence-corrected chi connectivity index (χ4v) is 2.21. The summed E-state index contributed by atoms with van der Waals surface area (Å²) in [5.74, 6) is 0.735. The van der Waals surface area contributed by atoms with Crippen molar-refractivity contribution in [2.24, 2.45) is 7.05 Å². The summed E-state index contributed by atoms with van der Waals surface area (Å²) >= 11 is 0. The van der Waals surface area contributed by atoms with Crippen LogP contribution in [0.1, 0.15) is 11.4 Å². The van der Waals surface area contributed by atoms with Gasteiger partial charge in [-0.3, -0.25) is 0 Å². The van der Waals surface area contributed by atoms with Crippen LogP contribution in [0.25, 0.3) is 0 Å². The lowest BCUT2D eigenvalue weighted by atomic mass is 10.2. The lowest BCUT2D eigenvalue weighted by molar-refractivity contribution is 0.441. The fourth-order valence-electron chi connectivity index (χ4n) is 2.21. The number of para-hydroxylation sites is 1. The molecule has 0 amide bonds. The predicted molar refractivity (Wildman–Crippen MR) is 88.2 cm³/mol. The van der Waals surface area contributed by atoms with Gasteiger partial charge in [-0.2, -0.15) is 5.26 Å². The zero-order valence-electron chi connectivity index (χ0n) is 13.0. The van der Waals surface area contributed by atoms with Gasteiger partial charge in [0.25, 0.3) is 0 Å². The van der Waals surface area contributed by atoms with Crippen LogP contribution < -0.4 is 10.1 Å². The average molecular weight is 322 g/mol. The largest absolute Gasteiger partial charge is 0.453 e. The standard InChI is InChI=1S/C18H15FN4O/c1-23-9-8-21-18(23)12-22-14-6-7-17(15(19)10-14)24-16-5-3-2-4-13(16)11-20/h2-10,22H,12H2,1H3. The second kappa shape index (κ2) is 6.84. The molecule has 1 aromatic heterocycles. The van der Waals surface area contributed by atoms with Crippen LogP contribution in [0.3, 0.4) is 0 Å². The maximum absolute atomic E-state index is 14.2. The Hall–Kier alpha value is -3.33. The molecule has 0 aliphatic rings. The number of hydrogen-bond acceptors (Lipinski definition) is 4. The molecule has 0 fully saturated rings. The minimum Gasteiger partial charge on any atom is -0.453 e. The third kappa shape index (κ3) is 3.36. The van der Waals surface area contributed by atoms with Gasteiger partial charge in [0.1, 0.15) is 17.6 Å². The Morgan fingerprint density at radius 2 is 2.08 bits per heavy atom. The maximum atomic E-state index is 14.2. The van der Waals surface area contributed by atoms with Crippen LogP contribution in [0, 0.1) is 17.1 Å². The van der Waals surface area contributed by atoms with E-state index in [1.807, 2.05) is 23.9 Å². The molecule has 0 radical (unpaired) electrons. The lowest BCUT2D eigenvalue weighted by Gasteiger charge is -2.11. The normalized spacial score (nSPS) is 10.2. The van der Waals surface area contributed by atoms with Crippen molar-refractivity contribution in [3.8, 4) is 17.6 Å². The highest BCUT2D eigenvalue weighted by Crippen LogP contribution is 2.28. The van der Waals surface area contributed by atoms with Crippen molar-refractivity contribution in [3.05, 3.63) is 72.1 Å². The molecule has 1 N–H and O–H groups in total. The minimum atomic E-state index is -0.507. The van der Waals surface area contributed by atoms with Crippen LogP contribution in [0.5, 0.6) is 11.5 Å². The van der Waals surface area contributed by atoms with E-state index in [1.165, 1.54) is 12.1 Å². The number of rotatable bonds is 5. The first kappa shape index (κ1) is 15.6. The Morgan fingerprint density at radius 1 is 1.25 bits per heavy atom. The van der Waals surface area contributed by atoms with Gasteiger partial charge in [-0.15, -0.1) is 0 Å². The predicted octanol–water partition coefficient (Wildman–Crippen LogP) is 3.84. The number of aromatic nitrogens is 2. The smallest absolute Gasteiger partial charge is 0.167 e. The molecule has 5 nitrogen and oxygen atoms in total. The number of aryl methyl sites for hydroxylation is 1. The number of nitrogens with one attached hydrogen (secondary N) is 1. The lowest BCUT2D eigenvalue weighted by Crippen LogP contribution is -2.05. The molecule has 0 bridgehead atoms. The Labute approximate surface area is 139 Å². The van der Waals surface area contributed by atoms with Crippen molar-refractivity contribution >= 4 is 5.69 Å². The molecule has 0 aliphatic heterocycles. The third-order valence-electron chi connectivity index (χ3n) is 3.53. The van der Waals surface area contributed by atoms with E-state index in [1.54, 1.807) is 36.5 Å². The molecule has 3 aromatic rings. The van der Waals surface area contributed by atoms with Gasteiger partial charge in [0.05, 0.1) is 12.1 Å². The first-order chi connectivity index (χ1) is 11.7. The van der Waals surface area contributed by atoms with Crippen molar-refractivity contribution in [2.45, 2.75) is 6.54 Å². The molecule has 2 aromatic carbocycles. The number of imidazole rings is 1. The van der Waals surface area contributed by atoms with Gasteiger partial charge in [0.15, 0.2) is 11.6 Å². The second-order valence-electron chi connectivity index (χ2n) is 5.16. The van der Waals surface area contributed by atoms with Gasteiger partial charge < -0.3 is 14.6 Å². The van der Waals surface area contributed by atoms with E-state index in [2.05, 4.69) is 10.3 Å². The summed E-state index contributed by atoms with van der Waals surface area (Å²) < 4.78 is 21.7. The van der Waals surface area contributed by atoms with Crippen molar-refractivity contribution in [1.82, 2.24) is 9.55 Å². The van der Waals surface area contributed by atoms with Crippen molar-refractivity contribution in [1.29, 1.82) is 5.26 Å². The summed E-state index contributed by atoms with van der Waals surface area (Å²) in [5.41, 5.74) is 0.977. The number of nitrogens with zero attached hydrogens (tertiary/aromatic N) is 3. The van der Waals surface area contributed by atoms with Crippen LogP contribution in [0.4, 0.5) is 10.1 Å². The maximum Gasteiger partial charge on any atom is 0.167 e. The van der Waals surface area contributed by atoms with Crippen LogP contribution in [-0.2, 0) is 13.6 Å². The molecule has 0 spiro atoms. The highest BCUT2D eigenvalue weighted by molar-refractivity contribution is 5.50. The molecule has 3 rings (SSSR count).